The van der Waals surface area contributed by atoms with E-state index in [1.165, 1.54) is 0 Å². The van der Waals surface area contributed by atoms with E-state index in [2.05, 4.69) is 13.8 Å². The molecule has 1 N–H and O–H groups in total. The predicted molar refractivity (Wildman–Crippen MR) is 115 cm³/mol. The van der Waals surface area contributed by atoms with Crippen molar-refractivity contribution in [3.05, 3.63) is 28.8 Å². The highest BCUT2D eigenvalue weighted by molar-refractivity contribution is 7.98. The van der Waals surface area contributed by atoms with Crippen LogP contribution in [0.4, 0.5) is 0 Å². The van der Waals surface area contributed by atoms with Gasteiger partial charge in [-0.15, -0.1) is 11.8 Å². The first kappa shape index (κ1) is 23.5. The summed E-state index contributed by atoms with van der Waals surface area (Å²) in [5, 5.41) is 10.4. The van der Waals surface area contributed by atoms with Crippen molar-refractivity contribution in [1.29, 1.82) is 0 Å². The number of hydrogen-bond acceptors (Lipinski definition) is 4. The van der Waals surface area contributed by atoms with Gasteiger partial charge in [0.1, 0.15) is 0 Å². The fourth-order valence-corrected chi connectivity index (χ4v) is 4.76. The van der Waals surface area contributed by atoms with Crippen LogP contribution in [-0.4, -0.2) is 36.3 Å². The Kier molecular flexibility index (Phi) is 8.26. The van der Waals surface area contributed by atoms with Crippen LogP contribution < -0.4 is 0 Å². The number of carboxylic acids is 1. The topological polar surface area (TPSA) is 55.8 Å². The maximum atomic E-state index is 11.9. The Morgan fingerprint density at radius 3 is 2.50 bits per heavy atom. The number of carboxylic acid groups (broad SMARTS) is 1. The summed E-state index contributed by atoms with van der Waals surface area (Å²) in [5.41, 5.74) is 0.816. The number of ether oxygens (including phenoxy) is 2. The maximum absolute atomic E-state index is 11.9. The molecule has 3 rings (SSSR count). The van der Waals surface area contributed by atoms with Gasteiger partial charge in [-0.25, -0.2) is 0 Å². The highest BCUT2D eigenvalue weighted by Gasteiger charge is 2.46. The molecule has 2 unspecified atom stereocenters. The minimum absolute atomic E-state index is 0.0444. The fourth-order valence-electron chi connectivity index (χ4n) is 3.88. The van der Waals surface area contributed by atoms with E-state index in [-0.39, 0.29) is 11.3 Å². The molecule has 2 fully saturated rings. The van der Waals surface area contributed by atoms with Crippen molar-refractivity contribution < 1.29 is 19.4 Å². The van der Waals surface area contributed by atoms with E-state index in [1.807, 2.05) is 32.2 Å². The zero-order valence-corrected chi connectivity index (χ0v) is 19.2. The second-order valence-corrected chi connectivity index (χ2v) is 9.54. The van der Waals surface area contributed by atoms with Crippen LogP contribution in [0.1, 0.15) is 64.9 Å². The highest BCUT2D eigenvalue weighted by atomic mass is 35.5. The molecule has 158 valence electrons. The van der Waals surface area contributed by atoms with Gasteiger partial charge in [-0.1, -0.05) is 45.4 Å². The van der Waals surface area contributed by atoms with Crippen LogP contribution in [0.3, 0.4) is 0 Å². The summed E-state index contributed by atoms with van der Waals surface area (Å²) in [6.07, 6.45) is 5.08. The van der Waals surface area contributed by atoms with Crippen molar-refractivity contribution >= 4 is 29.3 Å². The molecule has 28 heavy (non-hydrogen) atoms. The van der Waals surface area contributed by atoms with Gasteiger partial charge in [0.25, 0.3) is 0 Å². The van der Waals surface area contributed by atoms with Crippen molar-refractivity contribution in [1.82, 2.24) is 0 Å². The van der Waals surface area contributed by atoms with Crippen LogP contribution in [0.15, 0.2) is 23.1 Å². The van der Waals surface area contributed by atoms with Crippen molar-refractivity contribution in [3.63, 3.8) is 0 Å². The van der Waals surface area contributed by atoms with Gasteiger partial charge < -0.3 is 14.6 Å². The molecule has 0 amide bonds. The van der Waals surface area contributed by atoms with Crippen molar-refractivity contribution in [3.8, 4) is 0 Å². The summed E-state index contributed by atoms with van der Waals surface area (Å²) in [6, 6.07) is 5.59. The first-order valence-corrected chi connectivity index (χ1v) is 11.7. The molecule has 2 atom stereocenters. The van der Waals surface area contributed by atoms with Crippen LogP contribution in [0.5, 0.6) is 0 Å². The monoisotopic (exact) mass is 428 g/mol. The minimum Gasteiger partial charge on any atom is -0.481 e. The average molecular weight is 429 g/mol. The van der Waals surface area contributed by atoms with Crippen LogP contribution in [0, 0.1) is 11.3 Å². The van der Waals surface area contributed by atoms with E-state index in [1.54, 1.807) is 17.8 Å². The van der Waals surface area contributed by atoms with Crippen molar-refractivity contribution in [2.45, 2.75) is 70.0 Å². The minimum atomic E-state index is -0.800. The number of benzene rings is 1. The summed E-state index contributed by atoms with van der Waals surface area (Å²) in [4.78, 5) is 12.9. The molecule has 1 aromatic carbocycles. The number of aliphatic carboxylic acids is 1. The number of carbonyl (C=O) groups is 1. The molecule has 1 aliphatic carbocycles. The largest absolute Gasteiger partial charge is 0.481 e. The van der Waals surface area contributed by atoms with Crippen molar-refractivity contribution in [2.75, 3.05) is 19.5 Å². The fraction of sp³-hybridized carbons (Fsp3) is 0.682. The molecule has 6 heteroatoms. The van der Waals surface area contributed by atoms with Gasteiger partial charge in [0.2, 0.25) is 0 Å². The highest BCUT2D eigenvalue weighted by Crippen LogP contribution is 2.46. The molecular formula is C22H33ClO4S. The number of hydrogen-bond donors (Lipinski definition) is 1. The second kappa shape index (κ2) is 9.84. The summed E-state index contributed by atoms with van der Waals surface area (Å²) >= 11 is 7.84. The van der Waals surface area contributed by atoms with Crippen LogP contribution >= 0.6 is 23.4 Å². The molecule has 1 spiro atoms. The first-order valence-electron chi connectivity index (χ1n) is 10.1. The predicted octanol–water partition coefficient (Wildman–Crippen LogP) is 6.22. The second-order valence-electron chi connectivity index (χ2n) is 8.28. The lowest BCUT2D eigenvalue weighted by Gasteiger charge is -2.41. The van der Waals surface area contributed by atoms with E-state index in [0.717, 1.165) is 29.7 Å². The molecule has 0 aromatic heterocycles. The van der Waals surface area contributed by atoms with E-state index >= 15 is 0 Å². The Bertz CT molecular complexity index is 667. The van der Waals surface area contributed by atoms with Gasteiger partial charge in [-0.05, 0) is 42.7 Å². The Morgan fingerprint density at radius 2 is 1.96 bits per heavy atom. The molecule has 0 bridgehead atoms. The molecule has 1 aromatic rings. The molecule has 1 saturated heterocycles. The van der Waals surface area contributed by atoms with Gasteiger partial charge in [-0.2, -0.15) is 0 Å². The van der Waals surface area contributed by atoms with Gasteiger partial charge in [0.15, 0.2) is 5.79 Å². The molecule has 1 saturated carbocycles. The maximum Gasteiger partial charge on any atom is 0.310 e. The van der Waals surface area contributed by atoms with E-state index in [0.29, 0.717) is 24.7 Å². The van der Waals surface area contributed by atoms with Gasteiger partial charge in [-0.3, -0.25) is 4.79 Å². The first-order chi connectivity index (χ1) is 13.2. The summed E-state index contributed by atoms with van der Waals surface area (Å²) in [6.45, 7) is 9.64. The Balaban J connectivity index is 0.00000136. The summed E-state index contributed by atoms with van der Waals surface area (Å²) in [7, 11) is 0. The van der Waals surface area contributed by atoms with Crippen molar-refractivity contribution in [2.24, 2.45) is 11.3 Å². The van der Waals surface area contributed by atoms with Gasteiger partial charge in [0, 0.05) is 23.2 Å². The third kappa shape index (κ3) is 5.65. The van der Waals surface area contributed by atoms with Crippen LogP contribution in [-0.2, 0) is 14.3 Å². The zero-order chi connectivity index (χ0) is 20.9. The van der Waals surface area contributed by atoms with Crippen LogP contribution in [0.25, 0.3) is 0 Å². The number of halogens is 1. The standard InChI is InChI=1S/C20H27ClO4S.C2H6/c1-19(2)11-24-20(25-12-19)7-6-13(10-20)8-15(18(22)23)14-4-5-17(26-3)16(21)9-14;1-2/h4-5,9,13,15H,6-8,10-12H2,1-3H3,(H,22,23);1-2H3. The summed E-state index contributed by atoms with van der Waals surface area (Å²) in [5.74, 6) is -1.59. The molecule has 1 aliphatic heterocycles. The SMILES string of the molecule is CC.CSc1ccc(C(CC2CCC3(C2)OCC(C)(C)CO3)C(=O)O)cc1Cl. The van der Waals surface area contributed by atoms with E-state index in [4.69, 9.17) is 21.1 Å². The summed E-state index contributed by atoms with van der Waals surface area (Å²) < 4.78 is 12.2. The normalized spacial score (nSPS) is 23.7. The lowest BCUT2D eigenvalue weighted by atomic mass is 9.87. The third-order valence-electron chi connectivity index (χ3n) is 5.43. The lowest BCUT2D eigenvalue weighted by molar-refractivity contribution is -0.296. The number of thioether (sulfide) groups is 1. The molecule has 2 aliphatic rings. The average Bonchev–Trinajstić information content (AvgIpc) is 3.07. The van der Waals surface area contributed by atoms with E-state index < -0.39 is 17.7 Å². The van der Waals surface area contributed by atoms with E-state index in [9.17, 15) is 9.90 Å². The Morgan fingerprint density at radius 1 is 1.32 bits per heavy atom. The third-order valence-corrected chi connectivity index (χ3v) is 6.65. The number of rotatable bonds is 5. The smallest absolute Gasteiger partial charge is 0.310 e. The van der Waals surface area contributed by atoms with Crippen LogP contribution in [0.2, 0.25) is 5.02 Å². The molecule has 4 nitrogen and oxygen atoms in total. The molecular weight excluding hydrogens is 396 g/mol. The Labute approximate surface area is 178 Å². The lowest BCUT2D eigenvalue weighted by Crippen LogP contribution is -2.46. The quantitative estimate of drug-likeness (QED) is 0.564. The van der Waals surface area contributed by atoms with Gasteiger partial charge >= 0.3 is 5.97 Å². The molecule has 0 radical (unpaired) electrons. The van der Waals surface area contributed by atoms with Gasteiger partial charge in [0.05, 0.1) is 24.2 Å². The zero-order valence-electron chi connectivity index (χ0n) is 17.6. The molecule has 1 heterocycles. The Hall–Kier alpha value is -0.750.